The summed E-state index contributed by atoms with van der Waals surface area (Å²) in [4.78, 5) is 14.2. The third kappa shape index (κ3) is 2.40. The van der Waals surface area contributed by atoms with E-state index in [1.54, 1.807) is 18.7 Å². The van der Waals surface area contributed by atoms with Crippen LogP contribution in [0.5, 0.6) is 0 Å². The van der Waals surface area contributed by atoms with Gasteiger partial charge in [-0.15, -0.1) is 0 Å². The summed E-state index contributed by atoms with van der Waals surface area (Å²) in [6, 6.07) is 7.92. The van der Waals surface area contributed by atoms with Gasteiger partial charge in [-0.1, -0.05) is 12.1 Å². The minimum atomic E-state index is -0.813. The molecule has 18 heavy (non-hydrogen) atoms. The van der Waals surface area contributed by atoms with Crippen LogP contribution in [0.15, 0.2) is 24.3 Å². The molecule has 1 aliphatic rings. The van der Waals surface area contributed by atoms with Crippen molar-refractivity contribution in [3.05, 3.63) is 29.8 Å². The average molecular weight is 248 g/mol. The second-order valence-electron chi connectivity index (χ2n) is 5.24. The Hall–Kier alpha value is -1.39. The lowest BCUT2D eigenvalue weighted by atomic mass is 10.0. The molecule has 1 aromatic carbocycles. The first-order chi connectivity index (χ1) is 8.44. The maximum atomic E-state index is 12.4. The largest absolute Gasteiger partial charge is 0.359 e. The first kappa shape index (κ1) is 13.1. The van der Waals surface area contributed by atoms with Gasteiger partial charge in [0.25, 0.3) is 5.91 Å². The molecule has 2 N–H and O–H groups in total. The summed E-state index contributed by atoms with van der Waals surface area (Å²) in [5.41, 5.74) is 6.91. The number of hydrogen-bond acceptors (Lipinski definition) is 3. The van der Waals surface area contributed by atoms with E-state index in [2.05, 4.69) is 0 Å². The highest BCUT2D eigenvalue weighted by Crippen LogP contribution is 2.27. The summed E-state index contributed by atoms with van der Waals surface area (Å²) in [6.45, 7) is 6.53. The van der Waals surface area contributed by atoms with E-state index in [1.807, 2.05) is 31.2 Å². The number of hydrogen-bond donors (Lipinski definition) is 1. The van der Waals surface area contributed by atoms with Gasteiger partial charge in [0.15, 0.2) is 0 Å². The lowest BCUT2D eigenvalue weighted by Gasteiger charge is -2.41. The summed E-state index contributed by atoms with van der Waals surface area (Å²) in [6.07, 6.45) is -0.113. The van der Waals surface area contributed by atoms with Gasteiger partial charge in [0, 0.05) is 12.2 Å². The molecule has 1 fully saturated rings. The minimum Gasteiger partial charge on any atom is -0.359 e. The van der Waals surface area contributed by atoms with Crippen LogP contribution < -0.4 is 10.6 Å². The Balaban J connectivity index is 2.33. The van der Waals surface area contributed by atoms with E-state index >= 15 is 0 Å². The van der Waals surface area contributed by atoms with Gasteiger partial charge < -0.3 is 15.4 Å². The normalized spacial score (nSPS) is 23.2. The predicted molar refractivity (Wildman–Crippen MR) is 71.5 cm³/mol. The number of ether oxygens (including phenoxy) is 1. The molecule has 0 bridgehead atoms. The van der Waals surface area contributed by atoms with Crippen molar-refractivity contribution < 1.29 is 9.53 Å². The van der Waals surface area contributed by atoms with Crippen molar-refractivity contribution in [1.29, 1.82) is 0 Å². The molecular weight excluding hydrogens is 228 g/mol. The van der Waals surface area contributed by atoms with Gasteiger partial charge in [-0.25, -0.2) is 0 Å². The summed E-state index contributed by atoms with van der Waals surface area (Å²) < 4.78 is 5.70. The molecule has 0 radical (unpaired) electrons. The lowest BCUT2D eigenvalue weighted by Crippen LogP contribution is -2.59. The van der Waals surface area contributed by atoms with E-state index in [0.717, 1.165) is 11.3 Å². The van der Waals surface area contributed by atoms with Crippen molar-refractivity contribution >= 4 is 11.6 Å². The number of nitrogens with two attached hydrogens (primary N) is 1. The van der Waals surface area contributed by atoms with Crippen LogP contribution in [0.4, 0.5) is 5.69 Å². The van der Waals surface area contributed by atoms with Crippen molar-refractivity contribution in [2.24, 2.45) is 5.73 Å². The molecule has 4 heteroatoms. The standard InChI is InChI=1S/C14H20N2O2/c1-10-5-4-6-11(7-10)16-9-12(8-15)18-14(2,3)13(16)17/h4-7,12H,8-9,15H2,1-3H3. The molecule has 0 saturated carbocycles. The van der Waals surface area contributed by atoms with Crippen molar-refractivity contribution in [1.82, 2.24) is 0 Å². The summed E-state index contributed by atoms with van der Waals surface area (Å²) in [7, 11) is 0. The monoisotopic (exact) mass is 248 g/mol. The quantitative estimate of drug-likeness (QED) is 0.862. The van der Waals surface area contributed by atoms with Crippen molar-refractivity contribution in [3.8, 4) is 0 Å². The van der Waals surface area contributed by atoms with Crippen molar-refractivity contribution in [2.45, 2.75) is 32.5 Å². The van der Waals surface area contributed by atoms with Gasteiger partial charge in [0.2, 0.25) is 0 Å². The smallest absolute Gasteiger partial charge is 0.258 e. The Bertz CT molecular complexity index is 457. The zero-order valence-electron chi connectivity index (χ0n) is 11.1. The molecule has 98 valence electrons. The average Bonchev–Trinajstić information content (AvgIpc) is 2.32. The number of anilines is 1. The summed E-state index contributed by atoms with van der Waals surface area (Å²) >= 11 is 0. The molecule has 0 aromatic heterocycles. The molecule has 1 atom stereocenters. The highest BCUT2D eigenvalue weighted by Gasteiger charge is 2.41. The van der Waals surface area contributed by atoms with Crippen LogP contribution in [-0.2, 0) is 9.53 Å². The Morgan fingerprint density at radius 1 is 1.50 bits per heavy atom. The number of carbonyl (C=O) groups excluding carboxylic acids is 1. The fraction of sp³-hybridized carbons (Fsp3) is 0.500. The zero-order valence-corrected chi connectivity index (χ0v) is 11.1. The molecule has 2 rings (SSSR count). The molecule has 1 aromatic rings. The third-order valence-electron chi connectivity index (χ3n) is 3.18. The summed E-state index contributed by atoms with van der Waals surface area (Å²) in [5, 5.41) is 0. The number of nitrogens with zero attached hydrogens (tertiary/aromatic N) is 1. The van der Waals surface area contributed by atoms with Crippen LogP contribution in [0.25, 0.3) is 0 Å². The highest BCUT2D eigenvalue weighted by atomic mass is 16.5. The third-order valence-corrected chi connectivity index (χ3v) is 3.18. The predicted octanol–water partition coefficient (Wildman–Crippen LogP) is 1.46. The van der Waals surface area contributed by atoms with Gasteiger partial charge in [-0.3, -0.25) is 4.79 Å². The lowest BCUT2D eigenvalue weighted by molar-refractivity contribution is -0.153. The van der Waals surface area contributed by atoms with Crippen LogP contribution in [0.1, 0.15) is 19.4 Å². The molecule has 4 nitrogen and oxygen atoms in total. The molecule has 0 aliphatic carbocycles. The molecule has 1 heterocycles. The summed E-state index contributed by atoms with van der Waals surface area (Å²) in [5.74, 6) is -0.0159. The molecule has 1 saturated heterocycles. The van der Waals surface area contributed by atoms with Crippen LogP contribution in [0.2, 0.25) is 0 Å². The van der Waals surface area contributed by atoms with E-state index in [4.69, 9.17) is 10.5 Å². The topological polar surface area (TPSA) is 55.6 Å². The Morgan fingerprint density at radius 3 is 2.83 bits per heavy atom. The maximum absolute atomic E-state index is 12.4. The molecular formula is C14H20N2O2. The van der Waals surface area contributed by atoms with Gasteiger partial charge in [-0.2, -0.15) is 0 Å². The van der Waals surface area contributed by atoms with Gasteiger partial charge in [0.1, 0.15) is 5.60 Å². The maximum Gasteiger partial charge on any atom is 0.258 e. The van der Waals surface area contributed by atoms with E-state index in [-0.39, 0.29) is 12.0 Å². The second-order valence-corrected chi connectivity index (χ2v) is 5.24. The van der Waals surface area contributed by atoms with E-state index < -0.39 is 5.60 Å². The number of amides is 1. The number of benzene rings is 1. The van der Waals surface area contributed by atoms with E-state index in [9.17, 15) is 4.79 Å². The van der Waals surface area contributed by atoms with Gasteiger partial charge in [-0.05, 0) is 38.5 Å². The number of morpholine rings is 1. The first-order valence-corrected chi connectivity index (χ1v) is 6.20. The first-order valence-electron chi connectivity index (χ1n) is 6.20. The van der Waals surface area contributed by atoms with Crippen LogP contribution >= 0.6 is 0 Å². The van der Waals surface area contributed by atoms with Gasteiger partial charge in [0.05, 0.1) is 12.6 Å². The van der Waals surface area contributed by atoms with Crippen molar-refractivity contribution in [3.63, 3.8) is 0 Å². The fourth-order valence-corrected chi connectivity index (χ4v) is 2.26. The molecule has 1 aliphatic heterocycles. The SMILES string of the molecule is Cc1cccc(N2CC(CN)OC(C)(C)C2=O)c1. The highest BCUT2D eigenvalue weighted by molar-refractivity contribution is 5.99. The zero-order chi connectivity index (χ0) is 13.3. The van der Waals surface area contributed by atoms with Crippen molar-refractivity contribution in [2.75, 3.05) is 18.0 Å². The molecule has 0 spiro atoms. The molecule has 1 unspecified atom stereocenters. The Kier molecular flexibility index (Phi) is 3.41. The van der Waals surface area contributed by atoms with E-state index in [1.165, 1.54) is 0 Å². The number of carbonyl (C=O) groups is 1. The van der Waals surface area contributed by atoms with Crippen LogP contribution in [0.3, 0.4) is 0 Å². The van der Waals surface area contributed by atoms with Crippen LogP contribution in [0, 0.1) is 6.92 Å². The second kappa shape index (κ2) is 4.71. The van der Waals surface area contributed by atoms with Crippen LogP contribution in [-0.4, -0.2) is 30.7 Å². The minimum absolute atomic E-state index is 0.0159. The van der Waals surface area contributed by atoms with E-state index in [0.29, 0.717) is 13.1 Å². The number of rotatable bonds is 2. The Labute approximate surface area is 108 Å². The Morgan fingerprint density at radius 2 is 2.22 bits per heavy atom. The molecule has 1 amide bonds. The van der Waals surface area contributed by atoms with Gasteiger partial charge >= 0.3 is 0 Å². The fourth-order valence-electron chi connectivity index (χ4n) is 2.26. The number of aryl methyl sites for hydroxylation is 1.